The molecule has 2 nitrogen and oxygen atoms in total. The van der Waals surface area contributed by atoms with Crippen LogP contribution in [0.4, 0.5) is 0 Å². The highest BCUT2D eigenvalue weighted by Gasteiger charge is 2.22. The standard InChI is InChI=1S/C72H40N2S4/c1-5-25-65-47(13-1)51-19-9-17-45(69(51)75-65)43-31-35-61-57(39-43)55-37-41(29-33-59(55)73(61)63-23-11-21-53-49-15-3-7-27-67(49)77-71(53)63)42-30-34-60-56(38-42)58-40-44(46-18-10-20-52-48-14-2-6-26-66(48)76-70(46)52)32-36-62(58)74(60)64-24-12-22-54-50-16-4-8-28-68(50)78-72(54)64/h1-40H. The molecule has 0 fully saturated rings. The first-order valence-electron chi connectivity index (χ1n) is 26.5. The van der Waals surface area contributed by atoms with Crippen LogP contribution < -0.4 is 0 Å². The fourth-order valence-corrected chi connectivity index (χ4v) is 17.9. The lowest BCUT2D eigenvalue weighted by atomic mass is 9.98. The van der Waals surface area contributed by atoms with Crippen LogP contribution in [0.2, 0.25) is 0 Å². The van der Waals surface area contributed by atoms with E-state index in [2.05, 4.69) is 252 Å². The van der Waals surface area contributed by atoms with Crippen LogP contribution >= 0.6 is 45.3 Å². The molecule has 18 rings (SSSR count). The van der Waals surface area contributed by atoms with Gasteiger partial charge in [0.15, 0.2) is 0 Å². The lowest BCUT2D eigenvalue weighted by molar-refractivity contribution is 1.20. The van der Waals surface area contributed by atoms with Crippen molar-refractivity contribution in [3.05, 3.63) is 243 Å². The highest BCUT2D eigenvalue weighted by molar-refractivity contribution is 7.27. The molecule has 0 aliphatic heterocycles. The molecule has 78 heavy (non-hydrogen) atoms. The van der Waals surface area contributed by atoms with E-state index < -0.39 is 0 Å². The van der Waals surface area contributed by atoms with Crippen molar-refractivity contribution in [2.75, 3.05) is 0 Å². The first-order chi connectivity index (χ1) is 38.7. The molecule has 0 saturated heterocycles. The Hall–Kier alpha value is -8.88. The van der Waals surface area contributed by atoms with Crippen molar-refractivity contribution >= 4 is 170 Å². The first kappa shape index (κ1) is 43.2. The Balaban J connectivity index is 0.881. The molecule has 6 heterocycles. The summed E-state index contributed by atoms with van der Waals surface area (Å²) in [6.45, 7) is 0. The van der Waals surface area contributed by atoms with Gasteiger partial charge in [-0.05, 0) is 118 Å². The summed E-state index contributed by atoms with van der Waals surface area (Å²) in [4.78, 5) is 0. The zero-order chi connectivity index (χ0) is 50.7. The normalized spacial score (nSPS) is 12.4. The monoisotopic (exact) mass is 1060 g/mol. The number of hydrogen-bond donors (Lipinski definition) is 0. The van der Waals surface area contributed by atoms with E-state index in [1.807, 2.05) is 45.3 Å². The maximum Gasteiger partial charge on any atom is 0.0640 e. The number of rotatable bonds is 5. The van der Waals surface area contributed by atoms with Gasteiger partial charge in [-0.25, -0.2) is 0 Å². The van der Waals surface area contributed by atoms with Crippen molar-refractivity contribution < 1.29 is 0 Å². The Morgan fingerprint density at radius 2 is 0.487 bits per heavy atom. The molecule has 0 N–H and O–H groups in total. The van der Waals surface area contributed by atoms with Crippen molar-refractivity contribution in [1.82, 2.24) is 9.13 Å². The minimum atomic E-state index is 1.19. The molecular formula is C72H40N2S4. The van der Waals surface area contributed by atoms with Gasteiger partial charge < -0.3 is 9.13 Å². The van der Waals surface area contributed by atoms with E-state index in [9.17, 15) is 0 Å². The molecule has 0 unspecified atom stereocenters. The molecule has 12 aromatic carbocycles. The molecule has 6 heteroatoms. The topological polar surface area (TPSA) is 9.86 Å². The minimum Gasteiger partial charge on any atom is -0.308 e. The van der Waals surface area contributed by atoms with Crippen molar-refractivity contribution in [2.24, 2.45) is 0 Å². The van der Waals surface area contributed by atoms with Gasteiger partial charge in [-0.2, -0.15) is 0 Å². The van der Waals surface area contributed by atoms with Gasteiger partial charge in [-0.15, -0.1) is 45.3 Å². The lowest BCUT2D eigenvalue weighted by Gasteiger charge is -2.11. The fraction of sp³-hybridized carbons (Fsp3) is 0. The van der Waals surface area contributed by atoms with Crippen LogP contribution in [0.15, 0.2) is 243 Å². The van der Waals surface area contributed by atoms with Crippen LogP contribution in [0, 0.1) is 0 Å². The van der Waals surface area contributed by atoms with E-state index in [1.54, 1.807) is 0 Å². The van der Waals surface area contributed by atoms with Gasteiger partial charge >= 0.3 is 0 Å². The Kier molecular flexibility index (Phi) is 9.05. The van der Waals surface area contributed by atoms with Crippen LogP contribution in [0.25, 0.3) is 169 Å². The maximum atomic E-state index is 2.53. The van der Waals surface area contributed by atoms with E-state index in [1.165, 1.54) is 169 Å². The molecule has 362 valence electrons. The van der Waals surface area contributed by atoms with Crippen molar-refractivity contribution in [3.8, 4) is 44.8 Å². The van der Waals surface area contributed by atoms with Crippen LogP contribution in [0.5, 0.6) is 0 Å². The Morgan fingerprint density at radius 3 is 0.859 bits per heavy atom. The van der Waals surface area contributed by atoms with Gasteiger partial charge in [0.25, 0.3) is 0 Å². The molecule has 0 bridgehead atoms. The molecule has 6 aromatic heterocycles. The molecule has 0 radical (unpaired) electrons. The first-order valence-corrected chi connectivity index (χ1v) is 29.7. The number of benzene rings is 12. The van der Waals surface area contributed by atoms with E-state index >= 15 is 0 Å². The lowest BCUT2D eigenvalue weighted by Crippen LogP contribution is -1.94. The molecule has 0 aliphatic carbocycles. The van der Waals surface area contributed by atoms with Gasteiger partial charge in [0.2, 0.25) is 0 Å². The average molecular weight is 1060 g/mol. The highest BCUT2D eigenvalue weighted by atomic mass is 32.1. The third-order valence-corrected chi connectivity index (χ3v) is 21.4. The molecule has 0 atom stereocenters. The molecule has 0 saturated carbocycles. The fourth-order valence-electron chi connectivity index (χ4n) is 13.0. The number of hydrogen-bond acceptors (Lipinski definition) is 4. The summed E-state index contributed by atoms with van der Waals surface area (Å²) in [5.74, 6) is 0. The maximum absolute atomic E-state index is 2.53. The molecule has 0 aliphatic rings. The SMILES string of the molecule is c1ccc2c(c1)sc1c(-c3ccc4c(c3)c3cc(-c5ccc6c(c5)c5cc(-c7cccc8c7sc7ccccc78)ccc5n6-c5cccc6c5sc5ccccc56)ccc3n4-c3cccc4c3sc3ccccc34)cccc12. The zero-order valence-corrected chi connectivity index (χ0v) is 44.9. The van der Waals surface area contributed by atoms with Gasteiger partial charge in [0.1, 0.15) is 0 Å². The Morgan fingerprint density at radius 1 is 0.205 bits per heavy atom. The number of nitrogens with zero attached hydrogens (tertiary/aromatic N) is 2. The van der Waals surface area contributed by atoms with Crippen molar-refractivity contribution in [1.29, 1.82) is 0 Å². The van der Waals surface area contributed by atoms with Gasteiger partial charge in [0, 0.05) is 92.8 Å². The summed E-state index contributed by atoms with van der Waals surface area (Å²) in [5, 5.41) is 15.5. The van der Waals surface area contributed by atoms with Crippen molar-refractivity contribution in [2.45, 2.75) is 0 Å². The van der Waals surface area contributed by atoms with Gasteiger partial charge in [0.05, 0.1) is 42.8 Å². The predicted octanol–water partition coefficient (Wildman–Crippen LogP) is 22.4. The van der Waals surface area contributed by atoms with Crippen LogP contribution in [-0.2, 0) is 0 Å². The Labute approximate surface area is 462 Å². The number of fused-ring (bicyclic) bond motifs is 18. The number of thiophene rings is 4. The summed E-state index contributed by atoms with van der Waals surface area (Å²) in [6.07, 6.45) is 0. The minimum absolute atomic E-state index is 1.19. The Bertz CT molecular complexity index is 5250. The van der Waals surface area contributed by atoms with Crippen molar-refractivity contribution in [3.63, 3.8) is 0 Å². The summed E-state index contributed by atoms with van der Waals surface area (Å²) in [6, 6.07) is 91.4. The van der Waals surface area contributed by atoms with Gasteiger partial charge in [-0.3, -0.25) is 0 Å². The third-order valence-electron chi connectivity index (χ3n) is 16.5. The molecule has 18 aromatic rings. The quantitative estimate of drug-likeness (QED) is 0.163. The highest BCUT2D eigenvalue weighted by Crippen LogP contribution is 2.48. The van der Waals surface area contributed by atoms with Crippen LogP contribution in [-0.4, -0.2) is 9.13 Å². The summed E-state index contributed by atoms with van der Waals surface area (Å²) < 4.78 is 15.6. The molecule has 0 spiro atoms. The van der Waals surface area contributed by atoms with Crippen LogP contribution in [0.1, 0.15) is 0 Å². The second-order valence-electron chi connectivity index (χ2n) is 20.7. The van der Waals surface area contributed by atoms with E-state index in [0.29, 0.717) is 0 Å². The third kappa shape index (κ3) is 6.11. The van der Waals surface area contributed by atoms with Crippen LogP contribution in [0.3, 0.4) is 0 Å². The zero-order valence-electron chi connectivity index (χ0n) is 41.6. The summed E-state index contributed by atoms with van der Waals surface area (Å²) in [7, 11) is 0. The second-order valence-corrected chi connectivity index (χ2v) is 24.9. The van der Waals surface area contributed by atoms with E-state index in [4.69, 9.17) is 0 Å². The predicted molar refractivity (Wildman–Crippen MR) is 343 cm³/mol. The summed E-state index contributed by atoms with van der Waals surface area (Å²) in [5.41, 5.74) is 14.6. The second kappa shape index (κ2) is 16.3. The average Bonchev–Trinajstić information content (AvgIpc) is 4.37. The summed E-state index contributed by atoms with van der Waals surface area (Å²) >= 11 is 7.57. The molecule has 0 amide bonds. The number of aromatic nitrogens is 2. The van der Waals surface area contributed by atoms with E-state index in [0.717, 1.165) is 0 Å². The van der Waals surface area contributed by atoms with E-state index in [-0.39, 0.29) is 0 Å². The van der Waals surface area contributed by atoms with Gasteiger partial charge in [-0.1, -0.05) is 158 Å². The smallest absolute Gasteiger partial charge is 0.0640 e. The largest absolute Gasteiger partial charge is 0.308 e. The molecular weight excluding hydrogens is 1020 g/mol.